The minimum atomic E-state index is -0.359. The van der Waals surface area contributed by atoms with E-state index in [2.05, 4.69) is 15.9 Å². The van der Waals surface area contributed by atoms with Gasteiger partial charge in [0.05, 0.1) is 9.50 Å². The van der Waals surface area contributed by atoms with Gasteiger partial charge in [-0.1, -0.05) is 23.7 Å². The van der Waals surface area contributed by atoms with Gasteiger partial charge in [0.25, 0.3) is 0 Å². The Bertz CT molecular complexity index is 592. The van der Waals surface area contributed by atoms with Crippen LogP contribution in [-0.4, -0.2) is 0 Å². The summed E-state index contributed by atoms with van der Waals surface area (Å²) in [7, 11) is 0. The van der Waals surface area contributed by atoms with E-state index >= 15 is 0 Å². The van der Waals surface area contributed by atoms with Gasteiger partial charge in [0, 0.05) is 12.1 Å². The molecule has 19 heavy (non-hydrogen) atoms. The summed E-state index contributed by atoms with van der Waals surface area (Å²) in [6, 6.07) is 9.88. The molecular formula is C14H12BrClFNO. The lowest BCUT2D eigenvalue weighted by Crippen LogP contribution is -1.99. The molecule has 0 aliphatic rings. The van der Waals surface area contributed by atoms with Crippen LogP contribution in [-0.2, 0) is 13.2 Å². The van der Waals surface area contributed by atoms with Crippen molar-refractivity contribution < 1.29 is 9.13 Å². The second-order valence-electron chi connectivity index (χ2n) is 3.99. The number of halogens is 3. The zero-order valence-electron chi connectivity index (χ0n) is 10.00. The Morgan fingerprint density at radius 2 is 2.00 bits per heavy atom. The molecule has 0 saturated heterocycles. The molecule has 2 aromatic rings. The fourth-order valence-electron chi connectivity index (χ4n) is 1.58. The Morgan fingerprint density at radius 3 is 2.63 bits per heavy atom. The third-order valence-electron chi connectivity index (χ3n) is 2.63. The van der Waals surface area contributed by atoms with E-state index < -0.39 is 0 Å². The van der Waals surface area contributed by atoms with Crippen LogP contribution in [0, 0.1) is 5.82 Å². The fraction of sp³-hybridized carbons (Fsp3) is 0.143. The average Bonchev–Trinajstić information content (AvgIpc) is 2.39. The normalized spacial score (nSPS) is 10.5. The molecule has 5 heteroatoms. The third kappa shape index (κ3) is 3.69. The van der Waals surface area contributed by atoms with Crippen LogP contribution in [0.1, 0.15) is 11.1 Å². The molecule has 0 bridgehead atoms. The monoisotopic (exact) mass is 343 g/mol. The summed E-state index contributed by atoms with van der Waals surface area (Å²) in [5, 5.41) is 0.356. The zero-order chi connectivity index (χ0) is 13.8. The number of hydrogen-bond acceptors (Lipinski definition) is 2. The Kier molecular flexibility index (Phi) is 4.80. The topological polar surface area (TPSA) is 35.2 Å². The lowest BCUT2D eigenvalue weighted by Gasteiger charge is -2.10. The molecule has 0 atom stereocenters. The molecule has 0 heterocycles. The lowest BCUT2D eigenvalue weighted by atomic mass is 10.2. The van der Waals surface area contributed by atoms with Gasteiger partial charge in [0.1, 0.15) is 18.2 Å². The van der Waals surface area contributed by atoms with Crippen molar-refractivity contribution in [2.75, 3.05) is 0 Å². The summed E-state index contributed by atoms with van der Waals surface area (Å²) < 4.78 is 19.4. The maximum atomic E-state index is 12.9. The maximum absolute atomic E-state index is 12.9. The number of nitrogens with two attached hydrogens (primary N) is 1. The molecule has 2 aromatic carbocycles. The van der Waals surface area contributed by atoms with Gasteiger partial charge in [0.2, 0.25) is 0 Å². The van der Waals surface area contributed by atoms with E-state index in [-0.39, 0.29) is 12.4 Å². The Balaban J connectivity index is 2.10. The van der Waals surface area contributed by atoms with Gasteiger partial charge < -0.3 is 10.5 Å². The van der Waals surface area contributed by atoms with Crippen molar-refractivity contribution in [2.45, 2.75) is 13.2 Å². The second-order valence-corrected chi connectivity index (χ2v) is 5.25. The summed E-state index contributed by atoms with van der Waals surface area (Å²) >= 11 is 9.35. The van der Waals surface area contributed by atoms with E-state index in [0.29, 0.717) is 17.3 Å². The van der Waals surface area contributed by atoms with E-state index in [1.54, 1.807) is 6.07 Å². The van der Waals surface area contributed by atoms with Gasteiger partial charge in [-0.25, -0.2) is 4.39 Å². The SMILES string of the molecule is NCc1ccc(OCc2ccc(F)cc2Cl)c(Br)c1. The molecule has 2 nitrogen and oxygen atoms in total. The highest BCUT2D eigenvalue weighted by atomic mass is 79.9. The Morgan fingerprint density at radius 1 is 1.21 bits per heavy atom. The first-order valence-corrected chi connectivity index (χ1v) is 6.82. The number of hydrogen-bond donors (Lipinski definition) is 1. The Labute approximate surface area is 124 Å². The van der Waals surface area contributed by atoms with Crippen LogP contribution >= 0.6 is 27.5 Å². The number of rotatable bonds is 4. The minimum Gasteiger partial charge on any atom is -0.488 e. The fourth-order valence-corrected chi connectivity index (χ4v) is 2.35. The molecule has 2 N–H and O–H groups in total. The standard InChI is InChI=1S/C14H12BrClFNO/c15-12-5-9(7-18)1-4-14(12)19-8-10-2-3-11(17)6-13(10)16/h1-6H,7-8,18H2. The predicted octanol–water partition coefficient (Wildman–Crippen LogP) is 4.28. The van der Waals surface area contributed by atoms with E-state index in [1.807, 2.05) is 18.2 Å². The van der Waals surface area contributed by atoms with Crippen LogP contribution in [0.15, 0.2) is 40.9 Å². The zero-order valence-corrected chi connectivity index (χ0v) is 12.3. The lowest BCUT2D eigenvalue weighted by molar-refractivity contribution is 0.304. The van der Waals surface area contributed by atoms with Crippen molar-refractivity contribution in [1.29, 1.82) is 0 Å². The van der Waals surface area contributed by atoms with Crippen molar-refractivity contribution in [3.05, 3.63) is 62.8 Å². The summed E-state index contributed by atoms with van der Waals surface area (Å²) in [6.45, 7) is 0.752. The third-order valence-corrected chi connectivity index (χ3v) is 3.60. The van der Waals surface area contributed by atoms with Crippen molar-refractivity contribution in [1.82, 2.24) is 0 Å². The molecule has 0 unspecified atom stereocenters. The summed E-state index contributed by atoms with van der Waals surface area (Å²) in [4.78, 5) is 0. The predicted molar refractivity (Wildman–Crippen MR) is 77.8 cm³/mol. The van der Waals surface area contributed by atoms with E-state index in [4.69, 9.17) is 22.1 Å². The maximum Gasteiger partial charge on any atom is 0.134 e. The molecule has 0 radical (unpaired) electrons. The van der Waals surface area contributed by atoms with E-state index in [0.717, 1.165) is 15.6 Å². The highest BCUT2D eigenvalue weighted by molar-refractivity contribution is 9.10. The molecule has 100 valence electrons. The first-order valence-electron chi connectivity index (χ1n) is 5.65. The van der Waals surface area contributed by atoms with Gasteiger partial charge >= 0.3 is 0 Å². The van der Waals surface area contributed by atoms with Crippen molar-refractivity contribution >= 4 is 27.5 Å². The van der Waals surface area contributed by atoms with Crippen LogP contribution in [0.4, 0.5) is 4.39 Å². The summed E-state index contributed by atoms with van der Waals surface area (Å²) in [5.74, 6) is 0.333. The number of benzene rings is 2. The summed E-state index contributed by atoms with van der Waals surface area (Å²) in [5.41, 5.74) is 7.30. The molecule has 0 aromatic heterocycles. The molecule has 0 aliphatic heterocycles. The smallest absolute Gasteiger partial charge is 0.134 e. The van der Waals surface area contributed by atoms with Crippen LogP contribution in [0.2, 0.25) is 5.02 Å². The minimum absolute atomic E-state index is 0.277. The first kappa shape index (κ1) is 14.3. The van der Waals surface area contributed by atoms with E-state index in [9.17, 15) is 4.39 Å². The van der Waals surface area contributed by atoms with Crippen LogP contribution < -0.4 is 10.5 Å². The highest BCUT2D eigenvalue weighted by Crippen LogP contribution is 2.27. The van der Waals surface area contributed by atoms with Crippen LogP contribution in [0.5, 0.6) is 5.75 Å². The van der Waals surface area contributed by atoms with Crippen LogP contribution in [0.25, 0.3) is 0 Å². The largest absolute Gasteiger partial charge is 0.488 e. The van der Waals surface area contributed by atoms with Crippen molar-refractivity contribution in [3.63, 3.8) is 0 Å². The van der Waals surface area contributed by atoms with Crippen molar-refractivity contribution in [2.24, 2.45) is 5.73 Å². The molecular weight excluding hydrogens is 333 g/mol. The van der Waals surface area contributed by atoms with Gasteiger partial charge in [-0.05, 0) is 45.8 Å². The van der Waals surface area contributed by atoms with Crippen molar-refractivity contribution in [3.8, 4) is 5.75 Å². The molecule has 0 spiro atoms. The molecule has 2 rings (SSSR count). The molecule has 0 aliphatic carbocycles. The van der Waals surface area contributed by atoms with Gasteiger partial charge in [-0.3, -0.25) is 0 Å². The Hall–Kier alpha value is -1.10. The summed E-state index contributed by atoms with van der Waals surface area (Å²) in [6.07, 6.45) is 0. The first-order chi connectivity index (χ1) is 9.10. The number of ether oxygens (including phenoxy) is 1. The van der Waals surface area contributed by atoms with Gasteiger partial charge in [-0.2, -0.15) is 0 Å². The average molecular weight is 345 g/mol. The van der Waals surface area contributed by atoms with Gasteiger partial charge in [0.15, 0.2) is 0 Å². The molecule has 0 amide bonds. The highest BCUT2D eigenvalue weighted by Gasteiger charge is 2.06. The molecule has 0 saturated carbocycles. The quantitative estimate of drug-likeness (QED) is 0.898. The van der Waals surface area contributed by atoms with Crippen LogP contribution in [0.3, 0.4) is 0 Å². The molecule has 0 fully saturated rings. The van der Waals surface area contributed by atoms with Gasteiger partial charge in [-0.15, -0.1) is 0 Å². The second kappa shape index (κ2) is 6.37. The van der Waals surface area contributed by atoms with E-state index in [1.165, 1.54) is 12.1 Å².